The fourth-order valence-corrected chi connectivity index (χ4v) is 2.50. The molecule has 0 unspecified atom stereocenters. The normalized spacial score (nSPS) is 13.3. The van der Waals surface area contributed by atoms with Gasteiger partial charge in [0.05, 0.1) is 6.26 Å². The molecule has 2 heteroatoms. The molecule has 0 saturated heterocycles. The second kappa shape index (κ2) is 7.41. The highest BCUT2D eigenvalue weighted by Gasteiger charge is 2.10. The number of aliphatic imine (C=N–C) groups is 1. The summed E-state index contributed by atoms with van der Waals surface area (Å²) in [5.74, 6) is 0.879. The van der Waals surface area contributed by atoms with Gasteiger partial charge in [-0.2, -0.15) is 0 Å². The van der Waals surface area contributed by atoms with E-state index in [0.29, 0.717) is 0 Å². The average Bonchev–Trinajstić information content (AvgIpc) is 3.07. The number of rotatable bonds is 5. The molecule has 112 valence electrons. The number of hydrogen-bond acceptors (Lipinski definition) is 2. The molecular weight excluding hydrogens is 270 g/mol. The Hall–Kier alpha value is -2.61. The van der Waals surface area contributed by atoms with E-state index in [-0.39, 0.29) is 0 Å². The van der Waals surface area contributed by atoms with Crippen molar-refractivity contribution in [1.82, 2.24) is 0 Å². The van der Waals surface area contributed by atoms with Gasteiger partial charge in [0.1, 0.15) is 5.76 Å². The summed E-state index contributed by atoms with van der Waals surface area (Å²) in [6.45, 7) is 9.74. The predicted molar refractivity (Wildman–Crippen MR) is 94.9 cm³/mol. The van der Waals surface area contributed by atoms with E-state index in [0.717, 1.165) is 33.7 Å². The van der Waals surface area contributed by atoms with Crippen LogP contribution in [-0.4, -0.2) is 5.71 Å². The molecule has 2 aromatic rings. The lowest BCUT2D eigenvalue weighted by Gasteiger charge is -2.12. The average molecular weight is 291 g/mol. The Morgan fingerprint density at radius 3 is 2.32 bits per heavy atom. The van der Waals surface area contributed by atoms with E-state index >= 15 is 0 Å². The summed E-state index contributed by atoms with van der Waals surface area (Å²) in [5.41, 5.74) is 5.47. The lowest BCUT2D eigenvalue weighted by Crippen LogP contribution is -2.00. The van der Waals surface area contributed by atoms with Gasteiger partial charge in [-0.3, -0.25) is 4.99 Å². The van der Waals surface area contributed by atoms with Crippen LogP contribution in [0.25, 0.3) is 16.9 Å². The smallest absolute Gasteiger partial charge is 0.133 e. The minimum Gasteiger partial charge on any atom is -0.464 e. The van der Waals surface area contributed by atoms with Crippen molar-refractivity contribution in [2.45, 2.75) is 20.8 Å². The van der Waals surface area contributed by atoms with Crippen molar-refractivity contribution in [2.24, 2.45) is 4.99 Å². The third-order valence-corrected chi connectivity index (χ3v) is 3.54. The molecule has 0 aliphatic rings. The van der Waals surface area contributed by atoms with Crippen molar-refractivity contribution in [2.75, 3.05) is 0 Å². The molecular formula is C20H21NO. The van der Waals surface area contributed by atoms with Crippen molar-refractivity contribution in [3.63, 3.8) is 0 Å². The molecule has 22 heavy (non-hydrogen) atoms. The first-order valence-electron chi connectivity index (χ1n) is 7.34. The van der Waals surface area contributed by atoms with Gasteiger partial charge in [0.25, 0.3) is 0 Å². The Balaban J connectivity index is 2.36. The van der Waals surface area contributed by atoms with Crippen LogP contribution in [0.3, 0.4) is 0 Å². The van der Waals surface area contributed by atoms with Gasteiger partial charge in [0, 0.05) is 17.5 Å². The van der Waals surface area contributed by atoms with Crippen molar-refractivity contribution < 1.29 is 4.42 Å². The zero-order chi connectivity index (χ0) is 15.9. The highest BCUT2D eigenvalue weighted by molar-refractivity contribution is 6.12. The van der Waals surface area contributed by atoms with Crippen LogP contribution < -0.4 is 0 Å². The van der Waals surface area contributed by atoms with Gasteiger partial charge in [-0.15, -0.1) is 0 Å². The summed E-state index contributed by atoms with van der Waals surface area (Å²) in [6.07, 6.45) is 7.46. The molecule has 0 spiro atoms. The fourth-order valence-electron chi connectivity index (χ4n) is 2.50. The van der Waals surface area contributed by atoms with E-state index in [1.54, 1.807) is 12.5 Å². The molecule has 0 amide bonds. The van der Waals surface area contributed by atoms with E-state index in [1.807, 2.05) is 32.9 Å². The second-order valence-corrected chi connectivity index (χ2v) is 4.86. The Morgan fingerprint density at radius 1 is 1.09 bits per heavy atom. The molecule has 0 bridgehead atoms. The predicted octanol–water partition coefficient (Wildman–Crippen LogP) is 5.90. The SMILES string of the molecule is C=CN=C(C)C(=C\C)/C(=C\C)c1ccc(-c2ccco2)cc1. The standard InChI is InChI=1S/C20H21NO/c1-5-18(15(4)21-7-3)19(6-2)16-10-12-17(13-11-16)20-9-8-14-22-20/h5-14H,3H2,1-2,4H3/b18-5+,19-6-,21-15?. The maximum absolute atomic E-state index is 5.43. The molecule has 0 aliphatic carbocycles. The van der Waals surface area contributed by atoms with E-state index in [9.17, 15) is 0 Å². The monoisotopic (exact) mass is 291 g/mol. The number of furan rings is 1. The van der Waals surface area contributed by atoms with Gasteiger partial charge in [-0.25, -0.2) is 0 Å². The van der Waals surface area contributed by atoms with Gasteiger partial charge in [-0.05, 0) is 49.6 Å². The minimum absolute atomic E-state index is 0.879. The van der Waals surface area contributed by atoms with E-state index < -0.39 is 0 Å². The molecule has 2 nitrogen and oxygen atoms in total. The lowest BCUT2D eigenvalue weighted by atomic mass is 9.93. The number of benzene rings is 1. The largest absolute Gasteiger partial charge is 0.464 e. The zero-order valence-corrected chi connectivity index (χ0v) is 13.3. The van der Waals surface area contributed by atoms with Gasteiger partial charge < -0.3 is 4.42 Å². The molecule has 2 rings (SSSR count). The third kappa shape index (κ3) is 3.34. The summed E-state index contributed by atoms with van der Waals surface area (Å²) in [5, 5.41) is 0. The van der Waals surface area contributed by atoms with Crippen LogP contribution in [0, 0.1) is 0 Å². The number of allylic oxidation sites excluding steroid dienone is 4. The molecule has 0 aliphatic heterocycles. The molecule has 1 aromatic carbocycles. The minimum atomic E-state index is 0.879. The van der Waals surface area contributed by atoms with E-state index in [2.05, 4.69) is 48.0 Å². The van der Waals surface area contributed by atoms with Crippen LogP contribution in [0.4, 0.5) is 0 Å². The van der Waals surface area contributed by atoms with E-state index in [1.165, 1.54) is 0 Å². The molecule has 0 saturated carbocycles. The van der Waals surface area contributed by atoms with Crippen LogP contribution >= 0.6 is 0 Å². The Kier molecular flexibility index (Phi) is 5.31. The van der Waals surface area contributed by atoms with Crippen LogP contribution in [0.2, 0.25) is 0 Å². The van der Waals surface area contributed by atoms with Gasteiger partial charge in [0.15, 0.2) is 0 Å². The maximum Gasteiger partial charge on any atom is 0.133 e. The second-order valence-electron chi connectivity index (χ2n) is 4.86. The molecule has 0 fully saturated rings. The lowest BCUT2D eigenvalue weighted by molar-refractivity contribution is 0.582. The van der Waals surface area contributed by atoms with Crippen LogP contribution in [0.15, 0.2) is 82.6 Å². The Bertz CT molecular complexity index is 714. The van der Waals surface area contributed by atoms with Crippen LogP contribution in [0.1, 0.15) is 26.3 Å². The summed E-state index contributed by atoms with van der Waals surface area (Å²) in [4.78, 5) is 4.30. The summed E-state index contributed by atoms with van der Waals surface area (Å²) < 4.78 is 5.43. The molecule has 0 radical (unpaired) electrons. The first kappa shape index (κ1) is 15.8. The molecule has 1 aromatic heterocycles. The third-order valence-electron chi connectivity index (χ3n) is 3.54. The zero-order valence-electron chi connectivity index (χ0n) is 13.3. The first-order valence-corrected chi connectivity index (χ1v) is 7.34. The fraction of sp³-hybridized carbons (Fsp3) is 0.150. The number of hydrogen-bond donors (Lipinski definition) is 0. The van der Waals surface area contributed by atoms with Crippen LogP contribution in [0.5, 0.6) is 0 Å². The number of nitrogens with zero attached hydrogens (tertiary/aromatic N) is 1. The van der Waals surface area contributed by atoms with Gasteiger partial charge >= 0.3 is 0 Å². The van der Waals surface area contributed by atoms with Gasteiger partial charge in [-0.1, -0.05) is 43.0 Å². The Labute approximate surface area is 132 Å². The van der Waals surface area contributed by atoms with Gasteiger partial charge in [0.2, 0.25) is 0 Å². The summed E-state index contributed by atoms with van der Waals surface area (Å²) in [7, 11) is 0. The molecule has 1 heterocycles. The quantitative estimate of drug-likeness (QED) is 0.497. The molecule has 0 atom stereocenters. The topological polar surface area (TPSA) is 25.5 Å². The highest BCUT2D eigenvalue weighted by Crippen LogP contribution is 2.27. The summed E-state index contributed by atoms with van der Waals surface area (Å²) >= 11 is 0. The maximum atomic E-state index is 5.43. The first-order chi connectivity index (χ1) is 10.7. The van der Waals surface area contributed by atoms with Crippen LogP contribution in [-0.2, 0) is 0 Å². The Morgan fingerprint density at radius 2 is 1.82 bits per heavy atom. The highest BCUT2D eigenvalue weighted by atomic mass is 16.3. The molecule has 0 N–H and O–H groups in total. The van der Waals surface area contributed by atoms with Crippen molar-refractivity contribution in [3.05, 3.63) is 78.7 Å². The van der Waals surface area contributed by atoms with E-state index in [4.69, 9.17) is 4.42 Å². The summed E-state index contributed by atoms with van der Waals surface area (Å²) in [6, 6.07) is 12.2. The van der Waals surface area contributed by atoms with Crippen molar-refractivity contribution >= 4 is 11.3 Å². The van der Waals surface area contributed by atoms with Crippen molar-refractivity contribution in [1.29, 1.82) is 0 Å². The van der Waals surface area contributed by atoms with Crippen molar-refractivity contribution in [3.8, 4) is 11.3 Å².